The maximum atomic E-state index is 12.8. The van der Waals surface area contributed by atoms with E-state index in [1.807, 2.05) is 20.8 Å². The van der Waals surface area contributed by atoms with Gasteiger partial charge in [0.15, 0.2) is 0 Å². The average Bonchev–Trinajstić information content (AvgIpc) is 3.25. The molecule has 3 amide bonds. The zero-order valence-electron chi connectivity index (χ0n) is 17.4. The van der Waals surface area contributed by atoms with Gasteiger partial charge in [0.1, 0.15) is 12.4 Å². The van der Waals surface area contributed by atoms with Gasteiger partial charge in [-0.1, -0.05) is 44.0 Å². The Balaban J connectivity index is 1.59. The molecule has 32 heavy (non-hydrogen) atoms. The van der Waals surface area contributed by atoms with Crippen LogP contribution in [-0.2, 0) is 10.2 Å². The van der Waals surface area contributed by atoms with Crippen molar-refractivity contribution in [3.05, 3.63) is 63.5 Å². The van der Waals surface area contributed by atoms with Gasteiger partial charge in [-0.05, 0) is 18.2 Å². The first kappa shape index (κ1) is 21.9. The zero-order valence-corrected chi connectivity index (χ0v) is 18.9. The van der Waals surface area contributed by atoms with Gasteiger partial charge in [-0.2, -0.15) is 9.78 Å². The van der Waals surface area contributed by atoms with Crippen LogP contribution in [0.4, 0.5) is 5.82 Å². The predicted octanol–water partition coefficient (Wildman–Crippen LogP) is 3.50. The van der Waals surface area contributed by atoms with Crippen molar-refractivity contribution in [1.82, 2.24) is 24.6 Å². The normalized spacial score (nSPS) is 13.5. The number of hydrogen-bond acceptors (Lipinski definition) is 6. The summed E-state index contributed by atoms with van der Waals surface area (Å²) in [5, 5.41) is 7.53. The summed E-state index contributed by atoms with van der Waals surface area (Å²) in [6.45, 7) is 5.44. The number of hydrogen-bond donors (Lipinski definition) is 1. The van der Waals surface area contributed by atoms with Crippen LogP contribution in [0.1, 0.15) is 47.2 Å². The third-order valence-electron chi connectivity index (χ3n) is 4.80. The van der Waals surface area contributed by atoms with Crippen LogP contribution >= 0.6 is 23.2 Å². The molecule has 0 spiro atoms. The van der Waals surface area contributed by atoms with E-state index in [1.54, 1.807) is 24.5 Å². The van der Waals surface area contributed by atoms with Crippen molar-refractivity contribution in [3.8, 4) is 5.95 Å². The summed E-state index contributed by atoms with van der Waals surface area (Å²) in [4.78, 5) is 47.3. The Bertz CT molecular complexity index is 1210. The van der Waals surface area contributed by atoms with Crippen molar-refractivity contribution in [2.24, 2.45) is 0 Å². The molecule has 1 aromatic carbocycles. The first-order chi connectivity index (χ1) is 15.1. The second-order valence-corrected chi connectivity index (χ2v) is 9.00. The lowest BCUT2D eigenvalue weighted by Crippen LogP contribution is -2.37. The van der Waals surface area contributed by atoms with Gasteiger partial charge >= 0.3 is 0 Å². The van der Waals surface area contributed by atoms with Crippen molar-refractivity contribution in [2.45, 2.75) is 26.2 Å². The van der Waals surface area contributed by atoms with Gasteiger partial charge in [0.05, 0.1) is 26.9 Å². The topological polar surface area (TPSA) is 110 Å². The summed E-state index contributed by atoms with van der Waals surface area (Å²) >= 11 is 11.9. The molecule has 4 rings (SSSR count). The zero-order chi connectivity index (χ0) is 23.2. The maximum absolute atomic E-state index is 12.8. The molecule has 9 nitrogen and oxygen atoms in total. The van der Waals surface area contributed by atoms with E-state index in [1.165, 1.54) is 16.8 Å². The molecule has 164 valence electrons. The van der Waals surface area contributed by atoms with Crippen molar-refractivity contribution in [1.29, 1.82) is 0 Å². The minimum atomic E-state index is -0.617. The highest BCUT2D eigenvalue weighted by atomic mass is 35.5. The predicted molar refractivity (Wildman–Crippen MR) is 118 cm³/mol. The van der Waals surface area contributed by atoms with Gasteiger partial charge in [0.25, 0.3) is 17.8 Å². The number of benzene rings is 1. The van der Waals surface area contributed by atoms with Crippen LogP contribution in [0.25, 0.3) is 5.95 Å². The van der Waals surface area contributed by atoms with E-state index in [0.717, 1.165) is 4.90 Å². The van der Waals surface area contributed by atoms with Crippen LogP contribution in [0, 0.1) is 0 Å². The molecule has 11 heteroatoms. The number of nitrogens with one attached hydrogen (secondary N) is 1. The fraction of sp³-hybridized carbons (Fsp3) is 0.238. The first-order valence-corrected chi connectivity index (χ1v) is 10.3. The summed E-state index contributed by atoms with van der Waals surface area (Å²) in [7, 11) is 0. The molecule has 0 saturated heterocycles. The van der Waals surface area contributed by atoms with Gasteiger partial charge in [-0.25, -0.2) is 9.97 Å². The number of fused-ring (bicyclic) bond motifs is 1. The summed E-state index contributed by atoms with van der Waals surface area (Å²) in [6.07, 6.45) is 3.11. The minimum Gasteiger partial charge on any atom is -0.309 e. The van der Waals surface area contributed by atoms with Crippen molar-refractivity contribution in [2.75, 3.05) is 11.9 Å². The van der Waals surface area contributed by atoms with Gasteiger partial charge in [0, 0.05) is 23.9 Å². The highest BCUT2D eigenvalue weighted by molar-refractivity contribution is 6.43. The molecule has 1 aliphatic rings. The van der Waals surface area contributed by atoms with Gasteiger partial charge in [-0.3, -0.25) is 19.3 Å². The quantitative estimate of drug-likeness (QED) is 0.581. The minimum absolute atomic E-state index is 0.106. The second-order valence-electron chi connectivity index (χ2n) is 8.18. The third-order valence-corrected chi connectivity index (χ3v) is 5.52. The molecule has 1 aliphatic heterocycles. The van der Waals surface area contributed by atoms with E-state index in [0.29, 0.717) is 11.5 Å². The third kappa shape index (κ3) is 3.96. The Morgan fingerprint density at radius 2 is 1.56 bits per heavy atom. The van der Waals surface area contributed by atoms with Crippen LogP contribution in [-0.4, -0.2) is 48.9 Å². The Labute approximate surface area is 193 Å². The number of carbonyl (C=O) groups is 3. The number of amides is 3. The van der Waals surface area contributed by atoms with E-state index in [4.69, 9.17) is 23.2 Å². The van der Waals surface area contributed by atoms with E-state index in [-0.39, 0.29) is 32.5 Å². The van der Waals surface area contributed by atoms with E-state index in [9.17, 15) is 14.4 Å². The number of nitrogens with zero attached hydrogens (tertiary/aromatic N) is 5. The molecule has 0 saturated carbocycles. The first-order valence-electron chi connectivity index (χ1n) is 9.59. The molecule has 0 unspecified atom stereocenters. The van der Waals surface area contributed by atoms with E-state index in [2.05, 4.69) is 20.4 Å². The molecule has 1 N–H and O–H groups in total. The summed E-state index contributed by atoms with van der Waals surface area (Å²) in [5.74, 6) is -1.24. The summed E-state index contributed by atoms with van der Waals surface area (Å²) < 4.78 is 1.40. The lowest BCUT2D eigenvalue weighted by atomic mass is 9.92. The van der Waals surface area contributed by atoms with Gasteiger partial charge in [-0.15, -0.1) is 0 Å². The second kappa shape index (κ2) is 7.99. The number of rotatable bonds is 4. The van der Waals surface area contributed by atoms with Crippen LogP contribution in [0.5, 0.6) is 0 Å². The molecular formula is C21H18Cl2N6O3. The molecule has 0 bridgehead atoms. The molecular weight excluding hydrogens is 455 g/mol. The maximum Gasteiger partial charge on any atom is 0.262 e. The average molecular weight is 473 g/mol. The fourth-order valence-corrected chi connectivity index (χ4v) is 3.47. The van der Waals surface area contributed by atoms with E-state index < -0.39 is 24.3 Å². The fourth-order valence-electron chi connectivity index (χ4n) is 3.14. The molecule has 3 aromatic rings. The summed E-state index contributed by atoms with van der Waals surface area (Å²) in [6, 6.07) is 6.02. The van der Waals surface area contributed by atoms with Gasteiger partial charge < -0.3 is 5.32 Å². The molecule has 2 aromatic heterocycles. The standard InChI is InChI=1S/C21H18Cl2N6O3/c1-21(2,3)15-9-16(29(27-15)20-24-5-4-6-25-20)26-17(30)10-28-18(31)11-7-13(22)14(23)8-12(11)19(28)32/h4-9H,10H2,1-3H3,(H,26,30). The Morgan fingerprint density at radius 1 is 1.00 bits per heavy atom. The van der Waals surface area contributed by atoms with Crippen molar-refractivity contribution < 1.29 is 14.4 Å². The van der Waals surface area contributed by atoms with Crippen molar-refractivity contribution in [3.63, 3.8) is 0 Å². The lowest BCUT2D eigenvalue weighted by Gasteiger charge is -2.14. The van der Waals surface area contributed by atoms with E-state index >= 15 is 0 Å². The number of aromatic nitrogens is 4. The molecule has 0 fully saturated rings. The summed E-state index contributed by atoms with van der Waals surface area (Å²) in [5.41, 5.74) is 0.607. The Morgan fingerprint density at radius 3 is 2.09 bits per heavy atom. The molecule has 0 atom stereocenters. The Kier molecular flexibility index (Phi) is 5.47. The molecule has 0 aliphatic carbocycles. The number of anilines is 1. The molecule has 0 radical (unpaired) electrons. The molecule has 3 heterocycles. The van der Waals surface area contributed by atoms with Crippen LogP contribution < -0.4 is 5.32 Å². The van der Waals surface area contributed by atoms with Crippen molar-refractivity contribution >= 4 is 46.7 Å². The smallest absolute Gasteiger partial charge is 0.262 e. The number of imide groups is 1. The number of halogens is 2. The van der Waals surface area contributed by atoms with Gasteiger partial charge in [0.2, 0.25) is 5.91 Å². The Hall–Kier alpha value is -3.30. The highest BCUT2D eigenvalue weighted by Gasteiger charge is 2.37. The van der Waals surface area contributed by atoms with Crippen LogP contribution in [0.3, 0.4) is 0 Å². The SMILES string of the molecule is CC(C)(C)c1cc(NC(=O)CN2C(=O)c3cc(Cl)c(Cl)cc3C2=O)n(-c2ncccn2)n1. The van der Waals surface area contributed by atoms with Crippen LogP contribution in [0.15, 0.2) is 36.7 Å². The monoisotopic (exact) mass is 472 g/mol. The van der Waals surface area contributed by atoms with Crippen LogP contribution in [0.2, 0.25) is 10.0 Å². The number of carbonyl (C=O) groups excluding carboxylic acids is 3. The highest BCUT2D eigenvalue weighted by Crippen LogP contribution is 2.31. The lowest BCUT2D eigenvalue weighted by molar-refractivity contribution is -0.116. The largest absolute Gasteiger partial charge is 0.309 e.